The second kappa shape index (κ2) is 5.90. The number of likely N-dealkylation sites (N-methyl/N-ethyl adjacent to an activating group) is 1. The Morgan fingerprint density at radius 3 is 2.58 bits per heavy atom. The molecule has 1 amide bonds. The topological polar surface area (TPSA) is 60.9 Å². The van der Waals surface area contributed by atoms with Gasteiger partial charge in [-0.05, 0) is 26.2 Å². The van der Waals surface area contributed by atoms with Crippen molar-refractivity contribution in [2.45, 2.75) is 63.6 Å². The molecule has 5 nitrogen and oxygen atoms in total. The van der Waals surface area contributed by atoms with Crippen molar-refractivity contribution in [3.8, 4) is 0 Å². The number of rotatable bonds is 4. The molecule has 0 spiro atoms. The fourth-order valence-corrected chi connectivity index (χ4v) is 3.34. The Hall–Kier alpha value is -1.10. The first-order chi connectivity index (χ1) is 9.00. The van der Waals surface area contributed by atoms with Gasteiger partial charge in [-0.15, -0.1) is 0 Å². The summed E-state index contributed by atoms with van der Waals surface area (Å²) in [6.07, 6.45) is 5.25. The molecule has 1 heterocycles. The van der Waals surface area contributed by atoms with Crippen molar-refractivity contribution in [3.05, 3.63) is 0 Å². The van der Waals surface area contributed by atoms with Crippen LogP contribution in [0.5, 0.6) is 0 Å². The minimum atomic E-state index is -0.819. The molecule has 2 rings (SSSR count). The van der Waals surface area contributed by atoms with Crippen molar-refractivity contribution in [1.82, 2.24) is 9.80 Å². The zero-order valence-electron chi connectivity index (χ0n) is 11.8. The van der Waals surface area contributed by atoms with Crippen molar-refractivity contribution >= 4 is 11.9 Å². The lowest BCUT2D eigenvalue weighted by atomic mass is 9.99. The highest BCUT2D eigenvalue weighted by atomic mass is 16.4. The Balaban J connectivity index is 2.10. The lowest BCUT2D eigenvalue weighted by molar-refractivity contribution is -0.146. The SMILES string of the molecule is CC1CN(C2CCCC2)C(CCC(=O)O)C(=O)N1C. The first kappa shape index (κ1) is 14.3. The van der Waals surface area contributed by atoms with E-state index in [9.17, 15) is 9.59 Å². The predicted molar refractivity (Wildman–Crippen MR) is 71.9 cm³/mol. The van der Waals surface area contributed by atoms with E-state index in [0.29, 0.717) is 12.5 Å². The number of carboxylic acid groups (broad SMARTS) is 1. The molecule has 1 saturated heterocycles. The van der Waals surface area contributed by atoms with Gasteiger partial charge in [0.15, 0.2) is 0 Å². The van der Waals surface area contributed by atoms with E-state index in [4.69, 9.17) is 5.11 Å². The molecule has 2 unspecified atom stereocenters. The fourth-order valence-electron chi connectivity index (χ4n) is 3.34. The molecule has 1 N–H and O–H groups in total. The third kappa shape index (κ3) is 3.08. The number of aliphatic carboxylic acids is 1. The summed E-state index contributed by atoms with van der Waals surface area (Å²) in [4.78, 5) is 27.2. The van der Waals surface area contributed by atoms with Crippen molar-refractivity contribution in [2.24, 2.45) is 0 Å². The molecule has 0 aromatic heterocycles. The van der Waals surface area contributed by atoms with Crippen molar-refractivity contribution in [3.63, 3.8) is 0 Å². The van der Waals surface area contributed by atoms with Gasteiger partial charge in [0.05, 0.1) is 6.04 Å². The Bertz CT molecular complexity index is 353. The number of carboxylic acids is 1. The van der Waals surface area contributed by atoms with Crippen LogP contribution < -0.4 is 0 Å². The summed E-state index contributed by atoms with van der Waals surface area (Å²) in [6.45, 7) is 2.93. The lowest BCUT2D eigenvalue weighted by Gasteiger charge is -2.45. The quantitative estimate of drug-likeness (QED) is 0.835. The number of hydrogen-bond donors (Lipinski definition) is 1. The van der Waals surface area contributed by atoms with E-state index in [1.165, 1.54) is 12.8 Å². The van der Waals surface area contributed by atoms with Crippen molar-refractivity contribution < 1.29 is 14.7 Å². The maximum Gasteiger partial charge on any atom is 0.303 e. The van der Waals surface area contributed by atoms with Gasteiger partial charge in [-0.3, -0.25) is 14.5 Å². The van der Waals surface area contributed by atoms with Crippen LogP contribution in [0.2, 0.25) is 0 Å². The van der Waals surface area contributed by atoms with Crippen LogP contribution in [0.1, 0.15) is 45.4 Å². The summed E-state index contributed by atoms with van der Waals surface area (Å²) in [5.74, 6) is -0.729. The lowest BCUT2D eigenvalue weighted by Crippen LogP contribution is -2.61. The van der Waals surface area contributed by atoms with Gasteiger partial charge in [0, 0.05) is 32.1 Å². The van der Waals surface area contributed by atoms with Crippen LogP contribution in [0.25, 0.3) is 0 Å². The molecule has 1 aliphatic heterocycles. The number of nitrogens with zero attached hydrogens (tertiary/aromatic N) is 2. The number of amides is 1. The van der Waals surface area contributed by atoms with Crippen LogP contribution in [0.4, 0.5) is 0 Å². The highest BCUT2D eigenvalue weighted by Gasteiger charge is 2.40. The first-order valence-electron chi connectivity index (χ1n) is 7.25. The summed E-state index contributed by atoms with van der Waals surface area (Å²) in [5, 5.41) is 8.86. The average Bonchev–Trinajstić information content (AvgIpc) is 2.88. The molecule has 2 atom stereocenters. The van der Waals surface area contributed by atoms with E-state index in [1.807, 2.05) is 7.05 Å². The summed E-state index contributed by atoms with van der Waals surface area (Å²) < 4.78 is 0. The highest BCUT2D eigenvalue weighted by Crippen LogP contribution is 2.30. The van der Waals surface area contributed by atoms with Crippen LogP contribution in [-0.2, 0) is 9.59 Å². The molecule has 19 heavy (non-hydrogen) atoms. The standard InChI is InChI=1S/C14H24N2O3/c1-10-9-16(11-5-3-4-6-11)12(7-8-13(17)18)14(19)15(10)2/h10-12H,3-9H2,1-2H3,(H,17,18). The Morgan fingerprint density at radius 1 is 1.37 bits per heavy atom. The smallest absolute Gasteiger partial charge is 0.303 e. The highest BCUT2D eigenvalue weighted by molar-refractivity contribution is 5.83. The summed E-state index contributed by atoms with van der Waals surface area (Å²) in [5.41, 5.74) is 0. The van der Waals surface area contributed by atoms with E-state index in [0.717, 1.165) is 19.4 Å². The molecule has 0 bridgehead atoms. The maximum absolute atomic E-state index is 12.4. The number of carbonyl (C=O) groups is 2. The minimum Gasteiger partial charge on any atom is -0.481 e. The molecular formula is C14H24N2O3. The molecule has 1 aliphatic carbocycles. The number of carbonyl (C=O) groups excluding carboxylic acids is 1. The van der Waals surface area contributed by atoms with E-state index in [1.54, 1.807) is 4.90 Å². The van der Waals surface area contributed by atoms with E-state index in [2.05, 4.69) is 11.8 Å². The van der Waals surface area contributed by atoms with Crippen LogP contribution in [0, 0.1) is 0 Å². The van der Waals surface area contributed by atoms with Crippen LogP contribution >= 0.6 is 0 Å². The summed E-state index contributed by atoms with van der Waals surface area (Å²) in [7, 11) is 1.83. The molecule has 0 aromatic carbocycles. The zero-order chi connectivity index (χ0) is 14.0. The van der Waals surface area contributed by atoms with Crippen molar-refractivity contribution in [1.29, 1.82) is 0 Å². The van der Waals surface area contributed by atoms with E-state index in [-0.39, 0.29) is 24.4 Å². The predicted octanol–water partition coefficient (Wildman–Crippen LogP) is 1.32. The Morgan fingerprint density at radius 2 is 2.00 bits per heavy atom. The zero-order valence-corrected chi connectivity index (χ0v) is 11.8. The van der Waals surface area contributed by atoms with Crippen LogP contribution in [0.3, 0.4) is 0 Å². The van der Waals surface area contributed by atoms with Gasteiger partial charge < -0.3 is 10.0 Å². The molecule has 5 heteroatoms. The molecule has 0 radical (unpaired) electrons. The van der Waals surface area contributed by atoms with Gasteiger partial charge in [0.2, 0.25) is 5.91 Å². The molecule has 2 fully saturated rings. The maximum atomic E-state index is 12.4. The summed E-state index contributed by atoms with van der Waals surface area (Å²) in [6, 6.07) is 0.452. The minimum absolute atomic E-state index is 0.0713. The Kier molecular flexibility index (Phi) is 4.45. The van der Waals surface area contributed by atoms with Crippen LogP contribution in [0.15, 0.2) is 0 Å². The molecule has 0 aromatic rings. The van der Waals surface area contributed by atoms with Gasteiger partial charge in [-0.25, -0.2) is 0 Å². The molecule has 2 aliphatic rings. The second-order valence-corrected chi connectivity index (χ2v) is 5.88. The number of piperazine rings is 1. The van der Waals surface area contributed by atoms with Crippen LogP contribution in [-0.4, -0.2) is 58.5 Å². The van der Waals surface area contributed by atoms with E-state index >= 15 is 0 Å². The van der Waals surface area contributed by atoms with Gasteiger partial charge in [0.1, 0.15) is 0 Å². The average molecular weight is 268 g/mol. The first-order valence-corrected chi connectivity index (χ1v) is 7.25. The third-order valence-electron chi connectivity index (χ3n) is 4.59. The molecule has 1 saturated carbocycles. The van der Waals surface area contributed by atoms with Gasteiger partial charge in [-0.2, -0.15) is 0 Å². The monoisotopic (exact) mass is 268 g/mol. The van der Waals surface area contributed by atoms with E-state index < -0.39 is 5.97 Å². The molecular weight excluding hydrogens is 244 g/mol. The second-order valence-electron chi connectivity index (χ2n) is 5.88. The summed E-state index contributed by atoms with van der Waals surface area (Å²) >= 11 is 0. The van der Waals surface area contributed by atoms with Gasteiger partial charge in [-0.1, -0.05) is 12.8 Å². The van der Waals surface area contributed by atoms with Crippen molar-refractivity contribution in [2.75, 3.05) is 13.6 Å². The molecule has 108 valence electrons. The van der Waals surface area contributed by atoms with Gasteiger partial charge in [0.25, 0.3) is 0 Å². The third-order valence-corrected chi connectivity index (χ3v) is 4.59. The normalized spacial score (nSPS) is 30.0. The fraction of sp³-hybridized carbons (Fsp3) is 0.857. The van der Waals surface area contributed by atoms with Gasteiger partial charge >= 0.3 is 5.97 Å². The largest absolute Gasteiger partial charge is 0.481 e. The number of hydrogen-bond acceptors (Lipinski definition) is 3. The Labute approximate surface area is 114 Å².